The molecule has 0 radical (unpaired) electrons. The molecule has 0 saturated heterocycles. The quantitative estimate of drug-likeness (QED) is 0.737. The van der Waals surface area contributed by atoms with Crippen LogP contribution in [-0.2, 0) is 24.3 Å². The van der Waals surface area contributed by atoms with Gasteiger partial charge in [-0.2, -0.15) is 4.08 Å². The summed E-state index contributed by atoms with van der Waals surface area (Å²) < 4.78 is 24.8. The molecule has 0 fully saturated rings. The van der Waals surface area contributed by atoms with Gasteiger partial charge in [0.25, 0.3) is 0 Å². The first-order valence-corrected chi connectivity index (χ1v) is 5.61. The minimum atomic E-state index is -3.58. The predicted octanol–water partition coefficient (Wildman–Crippen LogP) is 3.13. The van der Waals surface area contributed by atoms with Gasteiger partial charge in [0.15, 0.2) is 0 Å². The predicted molar refractivity (Wildman–Crippen MR) is 52.8 cm³/mol. The molecule has 1 rings (SSSR count). The number of phosphoric ester groups is 1. The van der Waals surface area contributed by atoms with Gasteiger partial charge < -0.3 is 0 Å². The van der Waals surface area contributed by atoms with Crippen LogP contribution in [0, 0.1) is 0 Å². The standard InChI is InChI=1S/C8H10ClO4P/c1-11-14(10,13-9)12-7-8-5-3-2-4-6-8/h2-6H,7H2,1H3. The lowest BCUT2D eigenvalue weighted by molar-refractivity contribution is 0.176. The number of benzene rings is 1. The van der Waals surface area contributed by atoms with Gasteiger partial charge in [0.05, 0.1) is 18.5 Å². The zero-order valence-electron chi connectivity index (χ0n) is 7.55. The molecule has 0 aliphatic rings. The van der Waals surface area contributed by atoms with Crippen molar-refractivity contribution in [2.45, 2.75) is 6.61 Å². The molecule has 14 heavy (non-hydrogen) atoms. The lowest BCUT2D eigenvalue weighted by atomic mass is 10.2. The molecule has 1 aromatic rings. The summed E-state index contributed by atoms with van der Waals surface area (Å²) in [5, 5.41) is 0. The van der Waals surface area contributed by atoms with Crippen molar-refractivity contribution in [2.75, 3.05) is 7.11 Å². The van der Waals surface area contributed by atoms with Gasteiger partial charge in [-0.05, 0) is 5.56 Å². The van der Waals surface area contributed by atoms with Crippen LogP contribution in [0.2, 0.25) is 0 Å². The third-order valence-electron chi connectivity index (χ3n) is 1.54. The van der Waals surface area contributed by atoms with Crippen molar-refractivity contribution < 1.29 is 17.7 Å². The van der Waals surface area contributed by atoms with Gasteiger partial charge in [-0.25, -0.2) is 4.57 Å². The van der Waals surface area contributed by atoms with Crippen molar-refractivity contribution in [1.29, 1.82) is 0 Å². The number of hydrogen-bond acceptors (Lipinski definition) is 4. The van der Waals surface area contributed by atoms with Crippen LogP contribution < -0.4 is 0 Å². The molecular weight excluding hydrogens is 227 g/mol. The Hall–Kier alpha value is -0.380. The summed E-state index contributed by atoms with van der Waals surface area (Å²) in [4.78, 5) is 0. The first kappa shape index (κ1) is 11.7. The molecule has 0 aliphatic heterocycles. The third kappa shape index (κ3) is 3.40. The minimum Gasteiger partial charge on any atom is -0.289 e. The summed E-state index contributed by atoms with van der Waals surface area (Å²) in [5.41, 5.74) is 0.860. The van der Waals surface area contributed by atoms with Gasteiger partial charge in [-0.15, -0.1) is 0 Å². The lowest BCUT2D eigenvalue weighted by Gasteiger charge is -2.10. The van der Waals surface area contributed by atoms with Crippen LogP contribution in [0.15, 0.2) is 30.3 Å². The zero-order valence-corrected chi connectivity index (χ0v) is 9.20. The van der Waals surface area contributed by atoms with Crippen molar-refractivity contribution in [3.8, 4) is 0 Å². The Bertz CT molecular complexity index is 308. The van der Waals surface area contributed by atoms with Crippen LogP contribution >= 0.6 is 19.7 Å². The average Bonchev–Trinajstić information content (AvgIpc) is 2.27. The molecule has 0 aliphatic carbocycles. The number of hydrogen-bond donors (Lipinski definition) is 0. The maximum atomic E-state index is 11.3. The summed E-state index contributed by atoms with van der Waals surface area (Å²) in [7, 11) is -2.38. The van der Waals surface area contributed by atoms with Crippen LogP contribution in [-0.4, -0.2) is 7.11 Å². The van der Waals surface area contributed by atoms with Crippen LogP contribution in [0.5, 0.6) is 0 Å². The molecule has 0 N–H and O–H groups in total. The van der Waals surface area contributed by atoms with E-state index in [1.807, 2.05) is 30.3 Å². The summed E-state index contributed by atoms with van der Waals surface area (Å²) in [6.07, 6.45) is 0. The van der Waals surface area contributed by atoms with E-state index in [0.29, 0.717) is 0 Å². The molecule has 0 amide bonds. The summed E-state index contributed by atoms with van der Waals surface area (Å²) in [6.45, 7) is 0.124. The fourth-order valence-electron chi connectivity index (χ4n) is 0.829. The summed E-state index contributed by atoms with van der Waals surface area (Å²) in [6, 6.07) is 9.22. The molecule has 1 aromatic carbocycles. The molecule has 0 saturated carbocycles. The average molecular weight is 237 g/mol. The highest BCUT2D eigenvalue weighted by atomic mass is 35.5. The highest BCUT2D eigenvalue weighted by Crippen LogP contribution is 2.50. The molecule has 1 atom stereocenters. The highest BCUT2D eigenvalue weighted by molar-refractivity contribution is 7.49. The van der Waals surface area contributed by atoms with Crippen molar-refractivity contribution >= 4 is 19.7 Å². The van der Waals surface area contributed by atoms with Gasteiger partial charge >= 0.3 is 7.82 Å². The van der Waals surface area contributed by atoms with E-state index in [4.69, 9.17) is 16.4 Å². The van der Waals surface area contributed by atoms with E-state index in [2.05, 4.69) is 8.60 Å². The summed E-state index contributed by atoms with van der Waals surface area (Å²) in [5.74, 6) is 0. The lowest BCUT2D eigenvalue weighted by Crippen LogP contribution is -1.93. The fourth-order valence-corrected chi connectivity index (χ4v) is 1.63. The van der Waals surface area contributed by atoms with E-state index < -0.39 is 7.82 Å². The van der Waals surface area contributed by atoms with E-state index >= 15 is 0 Å². The van der Waals surface area contributed by atoms with Gasteiger partial charge in [-0.3, -0.25) is 9.05 Å². The SMILES string of the molecule is COP(=O)(OCl)OCc1ccccc1. The largest absolute Gasteiger partial charge is 0.491 e. The molecule has 6 heteroatoms. The molecule has 0 heterocycles. The molecule has 0 aromatic heterocycles. The maximum absolute atomic E-state index is 11.3. The van der Waals surface area contributed by atoms with E-state index in [-0.39, 0.29) is 6.61 Å². The Kier molecular flexibility index (Phi) is 4.58. The van der Waals surface area contributed by atoms with Crippen molar-refractivity contribution in [3.63, 3.8) is 0 Å². The number of halogens is 1. The highest BCUT2D eigenvalue weighted by Gasteiger charge is 2.24. The Labute approximate surface area is 87.5 Å². The summed E-state index contributed by atoms with van der Waals surface area (Å²) >= 11 is 4.96. The zero-order chi connectivity index (χ0) is 10.4. The number of phosphoric acid groups is 1. The smallest absolute Gasteiger partial charge is 0.289 e. The van der Waals surface area contributed by atoms with Gasteiger partial charge in [0, 0.05) is 7.11 Å². The first-order valence-electron chi connectivity index (χ1n) is 3.85. The van der Waals surface area contributed by atoms with Crippen LogP contribution in [0.4, 0.5) is 0 Å². The molecule has 78 valence electrons. The van der Waals surface area contributed by atoms with E-state index in [0.717, 1.165) is 5.56 Å². The fraction of sp³-hybridized carbons (Fsp3) is 0.250. The topological polar surface area (TPSA) is 44.8 Å². The van der Waals surface area contributed by atoms with Gasteiger partial charge in [0.1, 0.15) is 0 Å². The second-order valence-electron chi connectivity index (χ2n) is 2.46. The Balaban J connectivity index is 2.52. The molecular formula is C8H10ClO4P. The molecule has 1 unspecified atom stereocenters. The normalized spacial score (nSPS) is 15.0. The van der Waals surface area contributed by atoms with Crippen LogP contribution in [0.3, 0.4) is 0 Å². The van der Waals surface area contributed by atoms with E-state index in [9.17, 15) is 4.57 Å². The van der Waals surface area contributed by atoms with Crippen molar-refractivity contribution in [1.82, 2.24) is 0 Å². The first-order chi connectivity index (χ1) is 6.70. The molecule has 4 nitrogen and oxygen atoms in total. The monoisotopic (exact) mass is 236 g/mol. The second kappa shape index (κ2) is 5.49. The number of rotatable bonds is 5. The molecule has 0 bridgehead atoms. The second-order valence-corrected chi connectivity index (χ2v) is 4.53. The van der Waals surface area contributed by atoms with E-state index in [1.165, 1.54) is 7.11 Å². The van der Waals surface area contributed by atoms with Crippen LogP contribution in [0.1, 0.15) is 5.56 Å². The molecule has 0 spiro atoms. The maximum Gasteiger partial charge on any atom is 0.491 e. The van der Waals surface area contributed by atoms with E-state index in [1.54, 1.807) is 0 Å². The van der Waals surface area contributed by atoms with Gasteiger partial charge in [0.2, 0.25) is 0 Å². The van der Waals surface area contributed by atoms with Gasteiger partial charge in [-0.1, -0.05) is 30.3 Å². The minimum absolute atomic E-state index is 0.124. The Morgan fingerprint density at radius 1 is 1.36 bits per heavy atom. The van der Waals surface area contributed by atoms with Crippen molar-refractivity contribution in [2.24, 2.45) is 0 Å². The van der Waals surface area contributed by atoms with Crippen LogP contribution in [0.25, 0.3) is 0 Å². The van der Waals surface area contributed by atoms with Crippen molar-refractivity contribution in [3.05, 3.63) is 35.9 Å². The Morgan fingerprint density at radius 3 is 2.50 bits per heavy atom. The Morgan fingerprint density at radius 2 is 2.00 bits per heavy atom. The third-order valence-corrected chi connectivity index (χ3v) is 3.11.